The third-order valence-corrected chi connectivity index (χ3v) is 3.04. The molecule has 0 aliphatic carbocycles. The topological polar surface area (TPSA) is 35.5 Å². The Morgan fingerprint density at radius 1 is 1.29 bits per heavy atom. The molecule has 0 heterocycles. The molecule has 0 aromatic heterocycles. The van der Waals surface area contributed by atoms with Crippen molar-refractivity contribution in [2.24, 2.45) is 0 Å². The van der Waals surface area contributed by atoms with Crippen LogP contribution in [-0.4, -0.2) is 24.5 Å². The number of carbonyl (C=O) groups is 1. The van der Waals surface area contributed by atoms with Gasteiger partial charge in [-0.3, -0.25) is 4.79 Å². The van der Waals surface area contributed by atoms with E-state index in [2.05, 4.69) is 34.5 Å². The summed E-state index contributed by atoms with van der Waals surface area (Å²) in [6, 6.07) is 7.88. The van der Waals surface area contributed by atoms with Gasteiger partial charge in [-0.15, -0.1) is 0 Å². The lowest BCUT2D eigenvalue weighted by Gasteiger charge is -2.11. The summed E-state index contributed by atoms with van der Waals surface area (Å²) < 4.78 is 10.1. The summed E-state index contributed by atoms with van der Waals surface area (Å²) in [7, 11) is 1.36. The van der Waals surface area contributed by atoms with Crippen molar-refractivity contribution in [2.75, 3.05) is 13.7 Å². The van der Waals surface area contributed by atoms with E-state index in [0.29, 0.717) is 5.92 Å². The minimum absolute atomic E-state index is 0.258. The van der Waals surface area contributed by atoms with Crippen LogP contribution >= 0.6 is 15.9 Å². The minimum atomic E-state index is -0.433. The molecule has 0 amide bonds. The van der Waals surface area contributed by atoms with Crippen molar-refractivity contribution in [1.82, 2.24) is 0 Å². The number of halogens is 1. The maximum atomic E-state index is 11.1. The quantitative estimate of drug-likeness (QED) is 0.619. The van der Waals surface area contributed by atoms with E-state index in [0.717, 1.165) is 5.75 Å². The number of rotatable bonds is 5. The van der Waals surface area contributed by atoms with Gasteiger partial charge in [-0.1, -0.05) is 41.9 Å². The Morgan fingerprint density at radius 2 is 1.88 bits per heavy atom. The van der Waals surface area contributed by atoms with Gasteiger partial charge >= 0.3 is 5.97 Å². The zero-order chi connectivity index (χ0) is 12.8. The first-order valence-corrected chi connectivity index (χ1v) is 6.40. The Morgan fingerprint density at radius 3 is 2.35 bits per heavy atom. The molecule has 0 N–H and O–H groups in total. The summed E-state index contributed by atoms with van der Waals surface area (Å²) in [4.78, 5) is 10.7. The molecule has 94 valence electrons. The third-order valence-electron chi connectivity index (χ3n) is 2.40. The van der Waals surface area contributed by atoms with Gasteiger partial charge in [0.2, 0.25) is 0 Å². The molecule has 1 atom stereocenters. The summed E-state index contributed by atoms with van der Waals surface area (Å²) >= 11 is 3.20. The van der Waals surface area contributed by atoms with E-state index in [1.54, 1.807) is 0 Å². The Labute approximate surface area is 110 Å². The van der Waals surface area contributed by atoms with Gasteiger partial charge in [-0.2, -0.15) is 0 Å². The van der Waals surface area contributed by atoms with Gasteiger partial charge in [0.15, 0.2) is 0 Å². The van der Waals surface area contributed by atoms with Crippen LogP contribution in [0.15, 0.2) is 24.3 Å². The van der Waals surface area contributed by atoms with Crippen LogP contribution in [-0.2, 0) is 9.53 Å². The van der Waals surface area contributed by atoms with Gasteiger partial charge in [-0.25, -0.2) is 0 Å². The lowest BCUT2D eigenvalue weighted by molar-refractivity contribution is -0.140. The molecule has 3 nitrogen and oxygen atoms in total. The SMILES string of the molecule is COC(=O)C(Br)COc1ccc(C(C)C)cc1. The summed E-state index contributed by atoms with van der Waals surface area (Å²) in [6.07, 6.45) is 0. The maximum Gasteiger partial charge on any atom is 0.322 e. The largest absolute Gasteiger partial charge is 0.492 e. The van der Waals surface area contributed by atoms with Crippen LogP contribution in [0, 0.1) is 0 Å². The van der Waals surface area contributed by atoms with Crippen molar-refractivity contribution in [1.29, 1.82) is 0 Å². The molecule has 0 saturated carbocycles. The van der Waals surface area contributed by atoms with Gasteiger partial charge in [0.1, 0.15) is 17.2 Å². The molecular weight excluding hydrogens is 284 g/mol. The van der Waals surface area contributed by atoms with E-state index in [-0.39, 0.29) is 12.6 Å². The van der Waals surface area contributed by atoms with Crippen molar-refractivity contribution < 1.29 is 14.3 Å². The molecule has 0 radical (unpaired) electrons. The van der Waals surface area contributed by atoms with Gasteiger partial charge in [0.05, 0.1) is 7.11 Å². The summed E-state index contributed by atoms with van der Waals surface area (Å²) in [5, 5.41) is 0. The highest BCUT2D eigenvalue weighted by Crippen LogP contribution is 2.19. The molecule has 1 unspecified atom stereocenters. The van der Waals surface area contributed by atoms with Gasteiger partial charge in [-0.05, 0) is 23.6 Å². The Hall–Kier alpha value is -1.03. The zero-order valence-electron chi connectivity index (χ0n) is 10.3. The average molecular weight is 301 g/mol. The third kappa shape index (κ3) is 4.38. The van der Waals surface area contributed by atoms with Gasteiger partial charge in [0, 0.05) is 0 Å². The second kappa shape index (κ2) is 6.64. The standard InChI is InChI=1S/C13H17BrO3/c1-9(2)10-4-6-11(7-5-10)17-8-12(14)13(15)16-3/h4-7,9,12H,8H2,1-3H3. The smallest absolute Gasteiger partial charge is 0.322 e. The van der Waals surface area contributed by atoms with Crippen molar-refractivity contribution in [3.63, 3.8) is 0 Å². The zero-order valence-corrected chi connectivity index (χ0v) is 11.9. The molecule has 0 aliphatic heterocycles. The number of methoxy groups -OCH3 is 1. The van der Waals surface area contributed by atoms with Crippen molar-refractivity contribution >= 4 is 21.9 Å². The van der Waals surface area contributed by atoms with E-state index in [9.17, 15) is 4.79 Å². The Bertz CT molecular complexity index is 359. The van der Waals surface area contributed by atoms with E-state index in [1.807, 2.05) is 24.3 Å². The first kappa shape index (κ1) is 14.0. The Balaban J connectivity index is 2.50. The van der Waals surface area contributed by atoms with E-state index in [1.165, 1.54) is 12.7 Å². The minimum Gasteiger partial charge on any atom is -0.492 e. The number of benzene rings is 1. The normalized spacial score (nSPS) is 12.3. The van der Waals surface area contributed by atoms with Crippen molar-refractivity contribution in [2.45, 2.75) is 24.6 Å². The number of hydrogen-bond acceptors (Lipinski definition) is 3. The number of alkyl halides is 1. The molecule has 4 heteroatoms. The molecule has 1 aromatic carbocycles. The van der Waals surface area contributed by atoms with E-state index in [4.69, 9.17) is 4.74 Å². The highest BCUT2D eigenvalue weighted by Gasteiger charge is 2.15. The van der Waals surface area contributed by atoms with Crippen LogP contribution in [0.2, 0.25) is 0 Å². The first-order chi connectivity index (χ1) is 8.04. The van der Waals surface area contributed by atoms with Crippen LogP contribution in [0.1, 0.15) is 25.3 Å². The molecule has 0 fully saturated rings. The molecular formula is C13H17BrO3. The predicted octanol–water partition coefficient (Wildman–Crippen LogP) is 3.13. The van der Waals surface area contributed by atoms with Gasteiger partial charge in [0.25, 0.3) is 0 Å². The predicted molar refractivity (Wildman–Crippen MR) is 70.8 cm³/mol. The first-order valence-electron chi connectivity index (χ1n) is 5.49. The number of ether oxygens (including phenoxy) is 2. The molecule has 0 saturated heterocycles. The van der Waals surface area contributed by atoms with Crippen molar-refractivity contribution in [3.8, 4) is 5.75 Å². The fraction of sp³-hybridized carbons (Fsp3) is 0.462. The van der Waals surface area contributed by atoms with Crippen LogP contribution < -0.4 is 4.74 Å². The lowest BCUT2D eigenvalue weighted by Crippen LogP contribution is -2.22. The maximum absolute atomic E-state index is 11.1. The molecule has 0 aliphatic rings. The number of esters is 1. The van der Waals surface area contributed by atoms with Crippen LogP contribution in [0.25, 0.3) is 0 Å². The fourth-order valence-corrected chi connectivity index (χ4v) is 1.63. The van der Waals surface area contributed by atoms with Crippen molar-refractivity contribution in [3.05, 3.63) is 29.8 Å². The van der Waals surface area contributed by atoms with Crippen LogP contribution in [0.5, 0.6) is 5.75 Å². The summed E-state index contributed by atoms with van der Waals surface area (Å²) in [5.41, 5.74) is 1.26. The number of carbonyl (C=O) groups excluding carboxylic acids is 1. The molecule has 1 aromatic rings. The average Bonchev–Trinajstić information content (AvgIpc) is 2.35. The highest BCUT2D eigenvalue weighted by molar-refractivity contribution is 9.10. The van der Waals surface area contributed by atoms with E-state index < -0.39 is 4.83 Å². The number of hydrogen-bond donors (Lipinski definition) is 0. The highest BCUT2D eigenvalue weighted by atomic mass is 79.9. The second-order valence-corrected chi connectivity index (χ2v) is 5.13. The van der Waals surface area contributed by atoms with E-state index >= 15 is 0 Å². The summed E-state index contributed by atoms with van der Waals surface area (Å²) in [5.74, 6) is 0.926. The summed E-state index contributed by atoms with van der Waals surface area (Å²) in [6.45, 7) is 4.54. The molecule has 0 bridgehead atoms. The van der Waals surface area contributed by atoms with Gasteiger partial charge < -0.3 is 9.47 Å². The van der Waals surface area contributed by atoms with Crippen LogP contribution in [0.4, 0.5) is 0 Å². The molecule has 0 spiro atoms. The Kier molecular flexibility index (Phi) is 5.48. The molecule has 17 heavy (non-hydrogen) atoms. The second-order valence-electron chi connectivity index (χ2n) is 4.03. The fourth-order valence-electron chi connectivity index (χ4n) is 1.31. The molecule has 1 rings (SSSR count). The lowest BCUT2D eigenvalue weighted by atomic mass is 10.0. The van der Waals surface area contributed by atoms with Crippen LogP contribution in [0.3, 0.4) is 0 Å². The monoisotopic (exact) mass is 300 g/mol.